The van der Waals surface area contributed by atoms with Gasteiger partial charge in [0.2, 0.25) is 18.0 Å². The summed E-state index contributed by atoms with van der Waals surface area (Å²) in [6.07, 6.45) is -2.18. The number of thioether (sulfide) groups is 1. The number of aromatic nitrogens is 1. The van der Waals surface area contributed by atoms with Gasteiger partial charge in [-0.05, 0) is 29.7 Å². The van der Waals surface area contributed by atoms with Crippen LogP contribution in [0.2, 0.25) is 0 Å². The molecule has 0 spiro atoms. The highest BCUT2D eigenvalue weighted by Gasteiger charge is 2.41. The lowest BCUT2D eigenvalue weighted by atomic mass is 9.92. The van der Waals surface area contributed by atoms with Crippen LogP contribution in [0.3, 0.4) is 0 Å². The van der Waals surface area contributed by atoms with E-state index >= 15 is 8.78 Å². The van der Waals surface area contributed by atoms with Crippen molar-refractivity contribution < 1.29 is 42.4 Å². The van der Waals surface area contributed by atoms with Gasteiger partial charge in [0.05, 0.1) is 38.7 Å². The van der Waals surface area contributed by atoms with Crippen LogP contribution in [0, 0.1) is 11.6 Å². The van der Waals surface area contributed by atoms with Crippen molar-refractivity contribution in [2.24, 2.45) is 0 Å². The molecule has 2 N–H and O–H groups in total. The van der Waals surface area contributed by atoms with E-state index in [1.807, 2.05) is 24.3 Å². The van der Waals surface area contributed by atoms with Crippen LogP contribution in [0.4, 0.5) is 13.6 Å². The number of aliphatic hydroxyl groups excluding tert-OH is 1. The van der Waals surface area contributed by atoms with E-state index in [2.05, 4.69) is 10.2 Å². The normalized spacial score (nSPS) is 19.0. The number of aliphatic hydroxyl groups is 1. The molecule has 11 nitrogen and oxygen atoms in total. The Morgan fingerprint density at radius 1 is 1.21 bits per heavy atom. The summed E-state index contributed by atoms with van der Waals surface area (Å²) < 4.78 is 51.9. The van der Waals surface area contributed by atoms with Gasteiger partial charge in [-0.25, -0.2) is 18.3 Å². The summed E-state index contributed by atoms with van der Waals surface area (Å²) in [5.41, 5.74) is 3.99. The van der Waals surface area contributed by atoms with Crippen molar-refractivity contribution in [3.63, 3.8) is 0 Å². The smallest absolute Gasteiger partial charge is 0.451 e. The lowest BCUT2D eigenvalue weighted by Crippen LogP contribution is -2.62. The zero-order valence-corrected chi connectivity index (χ0v) is 23.0. The fourth-order valence-corrected chi connectivity index (χ4v) is 6.43. The molecule has 1 unspecified atom stereocenters. The van der Waals surface area contributed by atoms with Crippen LogP contribution in [0.1, 0.15) is 27.2 Å². The summed E-state index contributed by atoms with van der Waals surface area (Å²) >= 11 is 1.38. The molecule has 1 saturated heterocycles. The van der Waals surface area contributed by atoms with Crippen LogP contribution in [0.25, 0.3) is 11.3 Å². The van der Waals surface area contributed by atoms with Crippen LogP contribution < -0.4 is 15.6 Å². The summed E-state index contributed by atoms with van der Waals surface area (Å²) in [7, 11) is 1.10. The molecule has 220 valence electrons. The van der Waals surface area contributed by atoms with Crippen LogP contribution in [-0.2, 0) is 26.4 Å². The van der Waals surface area contributed by atoms with Gasteiger partial charge < -0.3 is 34.4 Å². The zero-order valence-electron chi connectivity index (χ0n) is 22.2. The number of morpholine rings is 1. The van der Waals surface area contributed by atoms with Crippen LogP contribution in [0.15, 0.2) is 46.1 Å². The molecule has 1 fully saturated rings. The molecular formula is C28H25F2N3O8S. The summed E-state index contributed by atoms with van der Waals surface area (Å²) in [6.45, 7) is -1.05. The fraction of sp³-hybridized carbons (Fsp3) is 0.321. The van der Waals surface area contributed by atoms with Gasteiger partial charge >= 0.3 is 6.16 Å². The van der Waals surface area contributed by atoms with Gasteiger partial charge in [0.15, 0.2) is 17.3 Å². The number of carbonyl (C=O) groups excluding carboxylic acids is 2. The first kappa shape index (κ1) is 28.0. The first-order chi connectivity index (χ1) is 20.3. The number of nitrogens with zero attached hydrogens (tertiary/aromatic N) is 2. The van der Waals surface area contributed by atoms with Crippen molar-refractivity contribution in [1.82, 2.24) is 9.58 Å². The van der Waals surface area contributed by atoms with Crippen molar-refractivity contribution >= 4 is 23.8 Å². The van der Waals surface area contributed by atoms with Gasteiger partial charge in [0.25, 0.3) is 5.91 Å². The Kier molecular flexibility index (Phi) is 7.51. The molecule has 42 heavy (non-hydrogen) atoms. The molecule has 2 atom stereocenters. The van der Waals surface area contributed by atoms with E-state index in [0.717, 1.165) is 29.7 Å². The summed E-state index contributed by atoms with van der Waals surface area (Å²) in [4.78, 5) is 41.1. The number of benzene rings is 2. The molecule has 0 aliphatic carbocycles. The highest BCUT2D eigenvalue weighted by molar-refractivity contribution is 7.98. The van der Waals surface area contributed by atoms with Gasteiger partial charge in [-0.15, -0.1) is 11.8 Å². The lowest BCUT2D eigenvalue weighted by molar-refractivity contribution is -0.0704. The van der Waals surface area contributed by atoms with E-state index in [4.69, 9.17) is 14.2 Å². The maximum Gasteiger partial charge on any atom is 0.510 e. The molecule has 2 aromatic carbocycles. The third-order valence-electron chi connectivity index (χ3n) is 7.35. The number of carbonyl (C=O) groups is 2. The Hall–Kier alpha value is -4.14. The SMILES string of the molecule is COC(=O)OCOc1c2n(c(-c3cc(F)c(F)c4c3Cc3ccccc3SC4)cc1=O)N[C@@H]1COC(CO)CN1C2=O. The molecule has 1 aromatic heterocycles. The molecule has 6 rings (SSSR count). The lowest BCUT2D eigenvalue weighted by Gasteiger charge is -2.44. The third-order valence-corrected chi connectivity index (χ3v) is 8.49. The number of hydrogen-bond donors (Lipinski definition) is 2. The second kappa shape index (κ2) is 11.3. The van der Waals surface area contributed by atoms with Crippen LogP contribution in [0.5, 0.6) is 5.75 Å². The average molecular weight is 602 g/mol. The predicted molar refractivity (Wildman–Crippen MR) is 145 cm³/mol. The topological polar surface area (TPSA) is 129 Å². The first-order valence-electron chi connectivity index (χ1n) is 12.9. The molecule has 0 bridgehead atoms. The Morgan fingerprint density at radius 2 is 2.02 bits per heavy atom. The predicted octanol–water partition coefficient (Wildman–Crippen LogP) is 2.83. The van der Waals surface area contributed by atoms with Gasteiger partial charge in [-0.2, -0.15) is 0 Å². The van der Waals surface area contributed by atoms with E-state index in [1.54, 1.807) is 0 Å². The number of pyridine rings is 1. The van der Waals surface area contributed by atoms with Crippen molar-refractivity contribution in [1.29, 1.82) is 0 Å². The molecular weight excluding hydrogens is 576 g/mol. The molecule has 3 aliphatic heterocycles. The van der Waals surface area contributed by atoms with Gasteiger partial charge in [-0.1, -0.05) is 18.2 Å². The molecule has 4 heterocycles. The van der Waals surface area contributed by atoms with Crippen molar-refractivity contribution in [3.05, 3.63) is 80.6 Å². The highest BCUT2D eigenvalue weighted by Crippen LogP contribution is 2.41. The van der Waals surface area contributed by atoms with Crippen LogP contribution >= 0.6 is 11.8 Å². The van der Waals surface area contributed by atoms with Gasteiger partial charge in [-0.3, -0.25) is 9.59 Å². The summed E-state index contributed by atoms with van der Waals surface area (Å²) in [5.74, 6) is -2.98. The molecule has 0 saturated carbocycles. The van der Waals surface area contributed by atoms with Crippen molar-refractivity contribution in [3.8, 4) is 17.0 Å². The Bertz CT molecular complexity index is 1650. The van der Waals surface area contributed by atoms with E-state index in [1.165, 1.54) is 21.3 Å². The monoisotopic (exact) mass is 601 g/mol. The maximum atomic E-state index is 15.2. The maximum absolute atomic E-state index is 15.2. The standard InChI is InChI=1S/C28H25F2N3O8S/c1-38-28(37)41-13-40-26-21(35)8-20(33-25(26)27(36)32-9-15(10-34)39-11-23(32)31-33)17-7-19(29)24(30)18-12-42-22-5-3-2-4-14(22)6-16(17)18/h2-5,7-8,15,23,31,34H,6,9-13H2,1H3/t15?,23-/m0/s1. The zero-order chi connectivity index (χ0) is 29.5. The Labute approximate surface area is 241 Å². The Balaban J connectivity index is 1.53. The number of rotatable bonds is 5. The van der Waals surface area contributed by atoms with Crippen LogP contribution in [-0.4, -0.2) is 72.7 Å². The number of hydrogen-bond acceptors (Lipinski definition) is 10. The fourth-order valence-electron chi connectivity index (χ4n) is 5.32. The minimum atomic E-state index is -1.10. The quantitative estimate of drug-likeness (QED) is 0.333. The molecule has 3 aromatic rings. The average Bonchev–Trinajstić information content (AvgIpc) is 3.20. The minimum absolute atomic E-state index is 0.00349. The van der Waals surface area contributed by atoms with Crippen molar-refractivity contribution in [2.75, 3.05) is 39.1 Å². The van der Waals surface area contributed by atoms with Gasteiger partial charge in [0, 0.05) is 27.8 Å². The van der Waals surface area contributed by atoms with E-state index in [0.29, 0.717) is 5.56 Å². The number of fused-ring (bicyclic) bond motifs is 4. The Morgan fingerprint density at radius 3 is 2.81 bits per heavy atom. The largest absolute Gasteiger partial charge is 0.510 e. The van der Waals surface area contributed by atoms with E-state index in [9.17, 15) is 19.5 Å². The third kappa shape index (κ3) is 4.84. The van der Waals surface area contributed by atoms with Gasteiger partial charge in [0.1, 0.15) is 6.17 Å². The molecule has 0 radical (unpaired) electrons. The minimum Gasteiger partial charge on any atom is -0.451 e. The second-order valence-corrected chi connectivity index (χ2v) is 10.8. The summed E-state index contributed by atoms with van der Waals surface area (Å²) in [6, 6.07) is 9.71. The second-order valence-electron chi connectivity index (χ2n) is 9.76. The molecule has 3 aliphatic rings. The number of nitrogens with one attached hydrogen (secondary N) is 1. The number of amides is 1. The van der Waals surface area contributed by atoms with Crippen molar-refractivity contribution in [2.45, 2.75) is 29.3 Å². The summed E-state index contributed by atoms with van der Waals surface area (Å²) in [5, 5.41) is 9.61. The highest BCUT2D eigenvalue weighted by atomic mass is 32.2. The first-order valence-corrected chi connectivity index (χ1v) is 13.9. The molecule has 14 heteroatoms. The number of methoxy groups -OCH3 is 1. The number of ether oxygens (including phenoxy) is 4. The van der Waals surface area contributed by atoms with E-state index < -0.39 is 53.9 Å². The van der Waals surface area contributed by atoms with E-state index in [-0.39, 0.29) is 54.4 Å². The number of halogens is 2. The molecule has 1 amide bonds.